The van der Waals surface area contributed by atoms with E-state index in [2.05, 4.69) is 15.9 Å². The number of halogens is 4. The van der Waals surface area contributed by atoms with Crippen LogP contribution in [-0.2, 0) is 6.18 Å². The second-order valence-corrected chi connectivity index (χ2v) is 3.67. The van der Waals surface area contributed by atoms with Gasteiger partial charge in [-0.15, -0.1) is 0 Å². The molecular weight excluding hydrogens is 277 g/mol. The highest BCUT2D eigenvalue weighted by atomic mass is 79.9. The number of carbonyl (C=O) groups excluding carboxylic acids is 1. The number of aromatic hydroxyl groups is 1. The molecule has 0 unspecified atom stereocenters. The Balaban J connectivity index is 3.41. The summed E-state index contributed by atoms with van der Waals surface area (Å²) >= 11 is 2.61. The standard InChI is InChI=1S/C9H6BrF3O2/c1-4(14)5-2-3-6(9(11,12)13)7(10)8(5)15/h2-3,15H,1H3. The molecule has 0 aliphatic heterocycles. The highest BCUT2D eigenvalue weighted by Gasteiger charge is 2.34. The summed E-state index contributed by atoms with van der Waals surface area (Å²) < 4.78 is 36.5. The molecule has 15 heavy (non-hydrogen) atoms. The van der Waals surface area contributed by atoms with Gasteiger partial charge in [0, 0.05) is 0 Å². The van der Waals surface area contributed by atoms with E-state index in [-0.39, 0.29) is 5.56 Å². The topological polar surface area (TPSA) is 37.3 Å². The normalized spacial score (nSPS) is 11.5. The van der Waals surface area contributed by atoms with Crippen molar-refractivity contribution < 1.29 is 23.1 Å². The fourth-order valence-electron chi connectivity index (χ4n) is 1.07. The van der Waals surface area contributed by atoms with E-state index in [0.29, 0.717) is 0 Å². The quantitative estimate of drug-likeness (QED) is 0.802. The molecule has 0 aromatic heterocycles. The van der Waals surface area contributed by atoms with E-state index in [0.717, 1.165) is 19.1 Å². The van der Waals surface area contributed by atoms with Crippen molar-refractivity contribution in [2.24, 2.45) is 0 Å². The van der Waals surface area contributed by atoms with Crippen LogP contribution in [0.3, 0.4) is 0 Å². The minimum atomic E-state index is -4.56. The van der Waals surface area contributed by atoms with E-state index in [4.69, 9.17) is 0 Å². The second-order valence-electron chi connectivity index (χ2n) is 2.88. The molecule has 0 aliphatic rings. The number of alkyl halides is 3. The summed E-state index contributed by atoms with van der Waals surface area (Å²) in [5, 5.41) is 9.34. The number of hydrogen-bond donors (Lipinski definition) is 1. The van der Waals surface area contributed by atoms with Gasteiger partial charge in [0.25, 0.3) is 0 Å². The summed E-state index contributed by atoms with van der Waals surface area (Å²) in [4.78, 5) is 10.9. The van der Waals surface area contributed by atoms with Gasteiger partial charge >= 0.3 is 6.18 Å². The van der Waals surface area contributed by atoms with Crippen LogP contribution in [0.15, 0.2) is 16.6 Å². The molecule has 0 fully saturated rings. The molecule has 82 valence electrons. The molecule has 0 bridgehead atoms. The zero-order chi connectivity index (χ0) is 11.8. The maximum atomic E-state index is 12.3. The third kappa shape index (κ3) is 2.31. The van der Waals surface area contributed by atoms with Gasteiger partial charge in [0.2, 0.25) is 0 Å². The molecule has 0 atom stereocenters. The largest absolute Gasteiger partial charge is 0.506 e. The molecule has 0 spiro atoms. The van der Waals surface area contributed by atoms with E-state index >= 15 is 0 Å². The van der Waals surface area contributed by atoms with Crippen LogP contribution in [0.25, 0.3) is 0 Å². The lowest BCUT2D eigenvalue weighted by Crippen LogP contribution is -2.07. The van der Waals surface area contributed by atoms with Gasteiger partial charge in [-0.2, -0.15) is 13.2 Å². The van der Waals surface area contributed by atoms with Crippen LogP contribution < -0.4 is 0 Å². The Morgan fingerprint density at radius 2 is 1.93 bits per heavy atom. The Kier molecular flexibility index (Phi) is 3.08. The van der Waals surface area contributed by atoms with Crippen LogP contribution in [0.4, 0.5) is 13.2 Å². The van der Waals surface area contributed by atoms with Gasteiger partial charge in [0.1, 0.15) is 5.75 Å². The smallest absolute Gasteiger partial charge is 0.417 e. The summed E-state index contributed by atoms with van der Waals surface area (Å²) in [7, 11) is 0. The molecule has 2 nitrogen and oxygen atoms in total. The maximum absolute atomic E-state index is 12.3. The molecule has 1 aromatic rings. The third-order valence-electron chi connectivity index (χ3n) is 1.80. The predicted octanol–water partition coefficient (Wildman–Crippen LogP) is 3.38. The number of benzene rings is 1. The molecule has 0 heterocycles. The number of Topliss-reactive ketones (excluding diaryl/α,β-unsaturated/α-hetero) is 1. The maximum Gasteiger partial charge on any atom is 0.417 e. The molecule has 0 saturated heterocycles. The van der Waals surface area contributed by atoms with Gasteiger partial charge in [0.05, 0.1) is 15.6 Å². The average molecular weight is 283 g/mol. The summed E-state index contributed by atoms with van der Waals surface area (Å²) in [6.45, 7) is 1.16. The summed E-state index contributed by atoms with van der Waals surface area (Å²) in [5.41, 5.74) is -1.15. The first kappa shape index (κ1) is 12.0. The van der Waals surface area contributed by atoms with Crippen LogP contribution in [0.1, 0.15) is 22.8 Å². The molecule has 1 aromatic carbocycles. The van der Waals surface area contributed by atoms with Crippen LogP contribution >= 0.6 is 15.9 Å². The van der Waals surface area contributed by atoms with Crippen LogP contribution in [-0.4, -0.2) is 10.9 Å². The molecular formula is C9H6BrF3O2. The van der Waals surface area contributed by atoms with Crippen LogP contribution in [0.2, 0.25) is 0 Å². The molecule has 1 N–H and O–H groups in total. The average Bonchev–Trinajstić information content (AvgIpc) is 2.06. The van der Waals surface area contributed by atoms with Gasteiger partial charge in [-0.1, -0.05) is 0 Å². The van der Waals surface area contributed by atoms with E-state index in [1.807, 2.05) is 0 Å². The van der Waals surface area contributed by atoms with Crippen molar-refractivity contribution in [2.45, 2.75) is 13.1 Å². The van der Waals surface area contributed by atoms with Crippen molar-refractivity contribution in [3.63, 3.8) is 0 Å². The lowest BCUT2D eigenvalue weighted by Gasteiger charge is -2.11. The first-order chi connectivity index (χ1) is 6.75. The zero-order valence-electron chi connectivity index (χ0n) is 7.52. The third-order valence-corrected chi connectivity index (χ3v) is 2.60. The number of carbonyl (C=O) groups is 1. The van der Waals surface area contributed by atoms with Gasteiger partial charge in [-0.05, 0) is 35.0 Å². The van der Waals surface area contributed by atoms with E-state index in [1.54, 1.807) is 0 Å². The van der Waals surface area contributed by atoms with E-state index in [9.17, 15) is 23.1 Å². The Morgan fingerprint density at radius 3 is 2.33 bits per heavy atom. The molecule has 0 amide bonds. The molecule has 0 saturated carbocycles. The molecule has 0 aliphatic carbocycles. The van der Waals surface area contributed by atoms with Crippen molar-refractivity contribution in [1.29, 1.82) is 0 Å². The number of phenols is 1. The van der Waals surface area contributed by atoms with Gasteiger partial charge in [0.15, 0.2) is 5.78 Å². The number of hydrogen-bond acceptors (Lipinski definition) is 2. The predicted molar refractivity (Wildman–Crippen MR) is 50.8 cm³/mol. The molecule has 6 heteroatoms. The van der Waals surface area contributed by atoms with Crippen molar-refractivity contribution >= 4 is 21.7 Å². The zero-order valence-corrected chi connectivity index (χ0v) is 9.11. The Bertz CT molecular complexity index is 413. The lowest BCUT2D eigenvalue weighted by atomic mass is 10.1. The first-order valence-electron chi connectivity index (χ1n) is 3.84. The second kappa shape index (κ2) is 3.84. The van der Waals surface area contributed by atoms with Crippen molar-refractivity contribution in [2.75, 3.05) is 0 Å². The minimum absolute atomic E-state index is 0.144. The lowest BCUT2D eigenvalue weighted by molar-refractivity contribution is -0.138. The van der Waals surface area contributed by atoms with Crippen molar-refractivity contribution in [3.8, 4) is 5.75 Å². The van der Waals surface area contributed by atoms with E-state index < -0.39 is 27.7 Å². The van der Waals surface area contributed by atoms with Crippen LogP contribution in [0.5, 0.6) is 5.75 Å². The number of rotatable bonds is 1. The van der Waals surface area contributed by atoms with Gasteiger partial charge in [-0.25, -0.2) is 0 Å². The summed E-state index contributed by atoms with van der Waals surface area (Å²) in [6, 6.07) is 1.70. The van der Waals surface area contributed by atoms with Crippen molar-refractivity contribution in [3.05, 3.63) is 27.7 Å². The van der Waals surface area contributed by atoms with Gasteiger partial charge in [-0.3, -0.25) is 4.79 Å². The number of phenolic OH excluding ortho intramolecular Hbond substituents is 1. The summed E-state index contributed by atoms with van der Waals surface area (Å²) in [5.74, 6) is -1.18. The Morgan fingerprint density at radius 1 is 1.40 bits per heavy atom. The fourth-order valence-corrected chi connectivity index (χ4v) is 1.64. The fraction of sp³-hybridized carbons (Fsp3) is 0.222. The van der Waals surface area contributed by atoms with Crippen molar-refractivity contribution in [1.82, 2.24) is 0 Å². The van der Waals surface area contributed by atoms with Gasteiger partial charge < -0.3 is 5.11 Å². The highest BCUT2D eigenvalue weighted by molar-refractivity contribution is 9.10. The first-order valence-corrected chi connectivity index (χ1v) is 4.64. The minimum Gasteiger partial charge on any atom is -0.506 e. The monoisotopic (exact) mass is 282 g/mol. The SMILES string of the molecule is CC(=O)c1ccc(C(F)(F)F)c(Br)c1O. The Labute approximate surface area is 91.8 Å². The molecule has 1 rings (SSSR count). The highest BCUT2D eigenvalue weighted by Crippen LogP contribution is 2.40. The summed E-state index contributed by atoms with van der Waals surface area (Å²) in [6.07, 6.45) is -4.56. The molecule has 0 radical (unpaired) electrons. The Hall–Kier alpha value is -1.04. The number of ketones is 1. The van der Waals surface area contributed by atoms with E-state index in [1.165, 1.54) is 0 Å². The van der Waals surface area contributed by atoms with Crippen LogP contribution in [0, 0.1) is 0 Å².